The van der Waals surface area contributed by atoms with Crippen LogP contribution in [0.25, 0.3) is 28.0 Å². The lowest BCUT2D eigenvalue weighted by molar-refractivity contribution is -0.130. The van der Waals surface area contributed by atoms with Crippen LogP contribution in [-0.4, -0.2) is 51.6 Å². The molecule has 9 nitrogen and oxygen atoms in total. The highest BCUT2D eigenvalue weighted by Crippen LogP contribution is 2.46. The van der Waals surface area contributed by atoms with Crippen LogP contribution >= 0.6 is 46.4 Å². The Kier molecular flexibility index (Phi) is 9.59. The van der Waals surface area contributed by atoms with E-state index in [2.05, 4.69) is 18.0 Å². The average Bonchev–Trinajstić information content (AvgIpc) is 3.02. The number of fused-ring (bicyclic) bond motifs is 1. The maximum Gasteiger partial charge on any atom is 0.276 e. The maximum absolute atomic E-state index is 15.8. The number of benzene rings is 1. The Bertz CT molecular complexity index is 1980. The molecule has 0 unspecified atom stereocenters. The first-order valence-corrected chi connectivity index (χ1v) is 16.3. The van der Waals surface area contributed by atoms with Gasteiger partial charge in [-0.2, -0.15) is 5.26 Å². The van der Waals surface area contributed by atoms with Gasteiger partial charge in [-0.15, -0.1) is 0 Å². The van der Waals surface area contributed by atoms with Crippen molar-refractivity contribution < 1.29 is 9.18 Å². The van der Waals surface area contributed by atoms with Crippen molar-refractivity contribution in [2.45, 2.75) is 52.7 Å². The lowest BCUT2D eigenvalue weighted by Crippen LogP contribution is -2.58. The molecule has 5 rings (SSSR count). The summed E-state index contributed by atoms with van der Waals surface area (Å²) in [6.45, 7) is 13.8. The van der Waals surface area contributed by atoms with Crippen molar-refractivity contribution in [1.82, 2.24) is 19.8 Å². The summed E-state index contributed by atoms with van der Waals surface area (Å²) in [6.07, 6.45) is 4.88. The van der Waals surface area contributed by atoms with E-state index in [1.807, 2.05) is 45.6 Å². The number of nitrogens with zero attached hydrogens (tertiary/aromatic N) is 5. The fraction of sp³-hybridized carbons (Fsp3) is 0.333. The van der Waals surface area contributed by atoms with Crippen LogP contribution in [0, 0.1) is 23.1 Å². The third-order valence-corrected chi connectivity index (χ3v) is 10.2. The number of hydrogen-bond acceptors (Lipinski definition) is 7. The summed E-state index contributed by atoms with van der Waals surface area (Å²) in [4.78, 5) is 35.7. The summed E-state index contributed by atoms with van der Waals surface area (Å²) in [5.41, 5.74) is 6.04. The van der Waals surface area contributed by atoms with Crippen LogP contribution in [0.15, 0.2) is 41.4 Å². The van der Waals surface area contributed by atoms with Crippen molar-refractivity contribution in [3.8, 4) is 17.3 Å². The molecule has 3 aromatic rings. The molecule has 14 heteroatoms. The number of aromatic nitrogens is 2. The summed E-state index contributed by atoms with van der Waals surface area (Å²) in [7, 11) is 0. The minimum absolute atomic E-state index is 0.00256. The van der Waals surface area contributed by atoms with Crippen molar-refractivity contribution in [1.29, 1.82) is 5.26 Å². The molecule has 0 bridgehead atoms. The number of dihydropyridines is 1. The first kappa shape index (κ1) is 34.6. The van der Waals surface area contributed by atoms with Crippen LogP contribution in [0.1, 0.15) is 40.2 Å². The number of carbonyl (C=O) groups is 1. The van der Waals surface area contributed by atoms with E-state index in [9.17, 15) is 14.9 Å². The van der Waals surface area contributed by atoms with E-state index >= 15 is 4.39 Å². The van der Waals surface area contributed by atoms with Gasteiger partial charge in [-0.25, -0.2) is 9.37 Å². The molecule has 0 saturated carbocycles. The Hall–Kier alpha value is -3.75. The van der Waals surface area contributed by atoms with Gasteiger partial charge >= 0.3 is 0 Å². The van der Waals surface area contributed by atoms with Gasteiger partial charge in [0.05, 0.1) is 54.5 Å². The number of nitrogen functional groups attached to an aromatic ring is 1. The van der Waals surface area contributed by atoms with E-state index in [0.717, 1.165) is 5.57 Å². The number of carbonyl (C=O) groups excluding carboxylic acids is 1. The van der Waals surface area contributed by atoms with Crippen LogP contribution in [0.4, 0.5) is 15.8 Å². The molecule has 3 atom stereocenters. The van der Waals surface area contributed by atoms with Crippen molar-refractivity contribution >= 4 is 80.4 Å². The van der Waals surface area contributed by atoms with Gasteiger partial charge in [0.15, 0.2) is 5.82 Å². The fourth-order valence-corrected chi connectivity index (χ4v) is 7.45. The molecule has 0 radical (unpaired) electrons. The average molecular weight is 719 g/mol. The molecule has 246 valence electrons. The third-order valence-electron chi connectivity index (χ3n) is 8.60. The second kappa shape index (κ2) is 13.0. The van der Waals surface area contributed by atoms with Crippen molar-refractivity contribution in [2.75, 3.05) is 23.7 Å². The number of nitrogens with one attached hydrogen (secondary N) is 1. The zero-order chi connectivity index (χ0) is 34.6. The molecule has 3 N–H and O–H groups in total. The molecule has 0 aliphatic carbocycles. The molecule has 2 aromatic heterocycles. The molecule has 2 aliphatic rings. The quantitative estimate of drug-likeness (QED) is 0.123. The lowest BCUT2D eigenvalue weighted by atomic mass is 9.94. The van der Waals surface area contributed by atoms with Gasteiger partial charge in [-0.1, -0.05) is 66.8 Å². The lowest BCUT2D eigenvalue weighted by Gasteiger charge is -2.45. The number of piperazine rings is 1. The summed E-state index contributed by atoms with van der Waals surface area (Å²) in [5, 5.41) is 13.5. The smallest absolute Gasteiger partial charge is 0.276 e. The first-order chi connectivity index (χ1) is 22.2. The Balaban J connectivity index is 1.92. The van der Waals surface area contributed by atoms with Crippen LogP contribution in [0.5, 0.6) is 0 Å². The molecular weight excluding hydrogens is 687 g/mol. The zero-order valence-electron chi connectivity index (χ0n) is 26.3. The van der Waals surface area contributed by atoms with Crippen LogP contribution in [0.3, 0.4) is 0 Å². The van der Waals surface area contributed by atoms with Gasteiger partial charge in [0, 0.05) is 30.6 Å². The van der Waals surface area contributed by atoms with Gasteiger partial charge in [0.25, 0.3) is 5.56 Å². The van der Waals surface area contributed by atoms with E-state index in [0.29, 0.717) is 29.9 Å². The predicted octanol–water partition coefficient (Wildman–Crippen LogP) is 7.25. The number of anilines is 2. The van der Waals surface area contributed by atoms with Crippen LogP contribution in [-0.2, 0) is 4.79 Å². The molecule has 47 heavy (non-hydrogen) atoms. The highest BCUT2D eigenvalue weighted by molar-refractivity contribution is 6.50. The minimum atomic E-state index is -0.982. The molecule has 4 heterocycles. The maximum atomic E-state index is 15.8. The largest absolute Gasteiger partial charge is 0.395 e. The van der Waals surface area contributed by atoms with Gasteiger partial charge in [0.2, 0.25) is 5.91 Å². The summed E-state index contributed by atoms with van der Waals surface area (Å²) < 4.78 is 17.2. The number of rotatable bonds is 5. The van der Waals surface area contributed by atoms with E-state index in [4.69, 9.17) is 57.1 Å². The van der Waals surface area contributed by atoms with Gasteiger partial charge in [0.1, 0.15) is 17.3 Å². The number of pyridine rings is 2. The fourth-order valence-electron chi connectivity index (χ4n) is 6.51. The Labute approximate surface area is 291 Å². The number of nitriles is 1. The molecule has 1 aromatic carbocycles. The number of nitrogens with two attached hydrogens (primary N) is 1. The van der Waals surface area contributed by atoms with Crippen LogP contribution in [0.2, 0.25) is 20.1 Å². The Morgan fingerprint density at radius 2 is 1.83 bits per heavy atom. The van der Waals surface area contributed by atoms with Gasteiger partial charge in [-0.05, 0) is 56.7 Å². The second-order valence-corrected chi connectivity index (χ2v) is 13.6. The highest BCUT2D eigenvalue weighted by atomic mass is 35.5. The predicted molar refractivity (Wildman–Crippen MR) is 189 cm³/mol. The Morgan fingerprint density at radius 1 is 1.19 bits per heavy atom. The zero-order valence-corrected chi connectivity index (χ0v) is 29.3. The van der Waals surface area contributed by atoms with Gasteiger partial charge < -0.3 is 20.9 Å². The van der Waals surface area contributed by atoms with E-state index in [1.165, 1.54) is 16.7 Å². The number of allylic oxidation sites excluding steroid dienone is 2. The van der Waals surface area contributed by atoms with Gasteiger partial charge in [-0.3, -0.25) is 14.2 Å². The molecule has 1 amide bonds. The number of amides is 1. The first-order valence-electron chi connectivity index (χ1n) is 14.8. The molecular formula is C33H32Cl4FN7O2. The van der Waals surface area contributed by atoms with E-state index in [1.54, 1.807) is 11.1 Å². The second-order valence-electron chi connectivity index (χ2n) is 12.1. The topological polar surface area (TPSA) is 120 Å². The van der Waals surface area contributed by atoms with Crippen LogP contribution < -0.4 is 21.5 Å². The molecule has 1 fully saturated rings. The third kappa shape index (κ3) is 5.63. The number of halogens is 5. The summed E-state index contributed by atoms with van der Waals surface area (Å²) in [6, 6.07) is 2.72. The standard InChI is InChI=1S/C33H32Cl4FN7O2/c1-7-21(46)44-16(5)12-43(13-17(44)6)31-18-10-20(34)29(22-23(35)24(36)25(37)27(40)26(22)38)42-32(18)45(33(47)19(31)11-39)30-15(4)8-9-41-28(30)14(2)3/h7-10,14,16-17,28,41H,1,12-13,40H2,2-6H3/t16-,17+,28-/m1/s1. The van der Waals surface area contributed by atoms with E-state index < -0.39 is 17.1 Å². The SMILES string of the molecule is C=CC(=O)N1[C@H](C)CN(c2c(C#N)c(=O)n(C3=C(C)C=CN[C@@H]3C(C)C)c3nc(-c4c(F)c(N)c(Cl)c(Cl)c4Cl)c(Cl)cc23)C[C@@H]1C. The van der Waals surface area contributed by atoms with Crippen molar-refractivity contribution in [3.63, 3.8) is 0 Å². The Morgan fingerprint density at radius 3 is 2.40 bits per heavy atom. The highest BCUT2D eigenvalue weighted by Gasteiger charge is 2.36. The summed E-state index contributed by atoms with van der Waals surface area (Å²) >= 11 is 25.9. The molecule has 0 spiro atoms. The number of hydrogen-bond donors (Lipinski definition) is 2. The monoisotopic (exact) mass is 717 g/mol. The molecule has 1 saturated heterocycles. The minimum Gasteiger partial charge on any atom is -0.395 e. The van der Waals surface area contributed by atoms with E-state index in [-0.39, 0.29) is 72.5 Å². The van der Waals surface area contributed by atoms with Crippen molar-refractivity contribution in [3.05, 3.63) is 78.4 Å². The molecule has 2 aliphatic heterocycles. The summed E-state index contributed by atoms with van der Waals surface area (Å²) in [5.74, 6) is -1.20. The van der Waals surface area contributed by atoms with Crippen molar-refractivity contribution in [2.24, 2.45) is 5.92 Å². The normalized spacial score (nSPS) is 19.7.